The highest BCUT2D eigenvalue weighted by Crippen LogP contribution is 1.97. The van der Waals surface area contributed by atoms with E-state index in [0.29, 0.717) is 25.1 Å². The van der Waals surface area contributed by atoms with Gasteiger partial charge in [0.2, 0.25) is 0 Å². The van der Waals surface area contributed by atoms with Crippen molar-refractivity contribution >= 4 is 11.9 Å². The van der Waals surface area contributed by atoms with E-state index in [1.165, 1.54) is 0 Å². The van der Waals surface area contributed by atoms with E-state index in [-0.39, 0.29) is 6.42 Å². The fraction of sp³-hybridized carbons (Fsp3) is 0.462. The molecule has 1 heterocycles. The van der Waals surface area contributed by atoms with Crippen molar-refractivity contribution in [3.8, 4) is 0 Å². The topological polar surface area (TPSA) is 166 Å². The summed E-state index contributed by atoms with van der Waals surface area (Å²) in [5.41, 5.74) is 16.3. The molecule has 2 unspecified atom stereocenters. The van der Waals surface area contributed by atoms with Gasteiger partial charge in [-0.25, -0.2) is 0 Å². The minimum absolute atomic E-state index is 0.274. The Morgan fingerprint density at radius 3 is 2.19 bits per heavy atom. The van der Waals surface area contributed by atoms with Crippen LogP contribution in [0, 0.1) is 0 Å². The third kappa shape index (κ3) is 9.50. The van der Waals surface area contributed by atoms with Crippen LogP contribution < -0.4 is 17.2 Å². The summed E-state index contributed by atoms with van der Waals surface area (Å²) in [4.78, 5) is 24.3. The first-order valence-electron chi connectivity index (χ1n) is 6.45. The maximum absolute atomic E-state index is 10.4. The fourth-order valence-electron chi connectivity index (χ4n) is 1.29. The minimum Gasteiger partial charge on any atom is -0.480 e. The van der Waals surface area contributed by atoms with Crippen molar-refractivity contribution in [2.45, 2.75) is 31.3 Å². The Kier molecular flexibility index (Phi) is 9.69. The Bertz CT molecular complexity index is 427. The van der Waals surface area contributed by atoms with Crippen molar-refractivity contribution in [1.82, 2.24) is 4.98 Å². The van der Waals surface area contributed by atoms with Crippen LogP contribution in [0.3, 0.4) is 0 Å². The van der Waals surface area contributed by atoms with Crippen LogP contribution in [0.25, 0.3) is 0 Å². The zero-order chi connectivity index (χ0) is 16.3. The molecule has 21 heavy (non-hydrogen) atoms. The summed E-state index contributed by atoms with van der Waals surface area (Å²) in [6.45, 7) is 0.501. The van der Waals surface area contributed by atoms with E-state index in [0.717, 1.165) is 0 Å². The van der Waals surface area contributed by atoms with Gasteiger partial charge >= 0.3 is 11.9 Å². The van der Waals surface area contributed by atoms with Gasteiger partial charge in [-0.05, 0) is 31.5 Å². The number of aromatic nitrogens is 1. The van der Waals surface area contributed by atoms with Gasteiger partial charge in [-0.3, -0.25) is 14.6 Å². The van der Waals surface area contributed by atoms with E-state index in [4.69, 9.17) is 27.4 Å². The minimum atomic E-state index is -0.999. The van der Waals surface area contributed by atoms with Gasteiger partial charge in [-0.1, -0.05) is 6.07 Å². The van der Waals surface area contributed by atoms with Crippen molar-refractivity contribution in [2.75, 3.05) is 6.54 Å². The van der Waals surface area contributed by atoms with Gasteiger partial charge in [-0.2, -0.15) is 0 Å². The van der Waals surface area contributed by atoms with Crippen molar-refractivity contribution in [1.29, 1.82) is 0 Å². The molecule has 0 aliphatic carbocycles. The third-order valence-corrected chi connectivity index (χ3v) is 2.51. The molecule has 0 radical (unpaired) electrons. The molecule has 8 heteroatoms. The lowest BCUT2D eigenvalue weighted by atomic mass is 10.1. The van der Waals surface area contributed by atoms with Gasteiger partial charge in [0, 0.05) is 18.3 Å². The Morgan fingerprint density at radius 1 is 1.14 bits per heavy atom. The van der Waals surface area contributed by atoms with Gasteiger partial charge in [0.1, 0.15) is 12.1 Å². The van der Waals surface area contributed by atoms with Gasteiger partial charge in [0.05, 0.1) is 0 Å². The smallest absolute Gasteiger partial charge is 0.320 e. The Labute approximate surface area is 123 Å². The van der Waals surface area contributed by atoms with Crippen molar-refractivity contribution in [3.05, 3.63) is 30.1 Å². The monoisotopic (exact) mass is 298 g/mol. The summed E-state index contributed by atoms with van der Waals surface area (Å²) in [5, 5.41) is 16.7. The molecule has 0 spiro atoms. The molecule has 1 aromatic heterocycles. The molecule has 0 aliphatic heterocycles. The normalized spacial score (nSPS) is 12.7. The number of carboxylic acids is 2. The SMILES string of the molecule is NC(Cc1ccccn1)C(=O)O.NCCCC(N)C(=O)O. The molecule has 118 valence electrons. The number of hydrogen-bond acceptors (Lipinski definition) is 6. The molecule has 8 N–H and O–H groups in total. The first kappa shape index (κ1) is 19.0. The second-order valence-electron chi connectivity index (χ2n) is 4.35. The zero-order valence-electron chi connectivity index (χ0n) is 11.7. The molecule has 0 aliphatic rings. The molecule has 0 bridgehead atoms. The lowest BCUT2D eigenvalue weighted by molar-refractivity contribution is -0.139. The Morgan fingerprint density at radius 2 is 1.76 bits per heavy atom. The first-order valence-corrected chi connectivity index (χ1v) is 6.45. The number of aliphatic carboxylic acids is 2. The van der Waals surface area contributed by atoms with E-state index >= 15 is 0 Å². The second kappa shape index (κ2) is 10.7. The summed E-state index contributed by atoms with van der Waals surface area (Å²) in [7, 11) is 0. The highest BCUT2D eigenvalue weighted by molar-refractivity contribution is 5.73. The van der Waals surface area contributed by atoms with Crippen molar-refractivity contribution in [3.63, 3.8) is 0 Å². The second-order valence-corrected chi connectivity index (χ2v) is 4.35. The van der Waals surface area contributed by atoms with Crippen LogP contribution in [0.4, 0.5) is 0 Å². The lowest BCUT2D eigenvalue weighted by Crippen LogP contribution is -2.32. The van der Waals surface area contributed by atoms with Gasteiger partial charge in [0.15, 0.2) is 0 Å². The number of nitrogens with two attached hydrogens (primary N) is 3. The van der Waals surface area contributed by atoms with Crippen LogP contribution in [-0.2, 0) is 16.0 Å². The third-order valence-electron chi connectivity index (χ3n) is 2.51. The first-order chi connectivity index (χ1) is 9.88. The number of nitrogens with zero attached hydrogens (tertiary/aromatic N) is 1. The molecule has 1 rings (SSSR count). The van der Waals surface area contributed by atoms with E-state index < -0.39 is 24.0 Å². The van der Waals surface area contributed by atoms with Crippen molar-refractivity contribution < 1.29 is 19.8 Å². The van der Waals surface area contributed by atoms with E-state index in [2.05, 4.69) is 4.98 Å². The van der Waals surface area contributed by atoms with Crippen LogP contribution in [-0.4, -0.2) is 45.8 Å². The summed E-state index contributed by atoms with van der Waals surface area (Å²) < 4.78 is 0. The molecular formula is C13H22N4O4. The molecule has 0 amide bonds. The van der Waals surface area contributed by atoms with Gasteiger partial charge in [-0.15, -0.1) is 0 Å². The standard InChI is InChI=1S/C8H10N2O2.C5H12N2O2/c9-7(8(11)12)5-6-3-1-2-4-10-6;6-3-1-2-4(7)5(8)9/h1-4,7H,5,9H2,(H,11,12);4H,1-3,6-7H2,(H,8,9). The number of pyridine rings is 1. The Balaban J connectivity index is 0.000000400. The van der Waals surface area contributed by atoms with Gasteiger partial charge in [0.25, 0.3) is 0 Å². The molecule has 0 saturated heterocycles. The summed E-state index contributed by atoms with van der Waals surface area (Å²) >= 11 is 0. The molecule has 0 saturated carbocycles. The average Bonchev–Trinajstić information content (AvgIpc) is 2.46. The predicted molar refractivity (Wildman–Crippen MR) is 77.5 cm³/mol. The van der Waals surface area contributed by atoms with Crippen molar-refractivity contribution in [2.24, 2.45) is 17.2 Å². The number of carboxylic acid groups (broad SMARTS) is 2. The van der Waals surface area contributed by atoms with Crippen LogP contribution in [0.2, 0.25) is 0 Å². The lowest BCUT2D eigenvalue weighted by Gasteiger charge is -2.03. The van der Waals surface area contributed by atoms with E-state index in [1.807, 2.05) is 0 Å². The zero-order valence-corrected chi connectivity index (χ0v) is 11.7. The maximum Gasteiger partial charge on any atom is 0.320 e. The quantitative estimate of drug-likeness (QED) is 0.435. The maximum atomic E-state index is 10.4. The molecule has 1 aromatic rings. The van der Waals surface area contributed by atoms with E-state index in [9.17, 15) is 9.59 Å². The summed E-state index contributed by atoms with van der Waals surface area (Å²) in [6, 6.07) is 3.73. The summed E-state index contributed by atoms with van der Waals surface area (Å²) in [5.74, 6) is -1.95. The van der Waals surface area contributed by atoms with Crippen LogP contribution in [0.15, 0.2) is 24.4 Å². The highest BCUT2D eigenvalue weighted by Gasteiger charge is 2.11. The molecule has 0 fully saturated rings. The number of hydrogen-bond donors (Lipinski definition) is 5. The van der Waals surface area contributed by atoms with Crippen LogP contribution in [0.5, 0.6) is 0 Å². The van der Waals surface area contributed by atoms with E-state index in [1.54, 1.807) is 24.4 Å². The molecule has 8 nitrogen and oxygen atoms in total. The predicted octanol–water partition coefficient (Wildman–Crippen LogP) is -0.827. The average molecular weight is 298 g/mol. The largest absolute Gasteiger partial charge is 0.480 e. The molecular weight excluding hydrogens is 276 g/mol. The van der Waals surface area contributed by atoms with Gasteiger partial charge < -0.3 is 27.4 Å². The molecule has 2 atom stereocenters. The summed E-state index contributed by atoms with van der Waals surface area (Å²) in [6.07, 6.45) is 3.03. The fourth-order valence-corrected chi connectivity index (χ4v) is 1.29. The van der Waals surface area contributed by atoms with Crippen LogP contribution in [0.1, 0.15) is 18.5 Å². The number of carbonyl (C=O) groups is 2. The molecule has 0 aromatic carbocycles. The highest BCUT2D eigenvalue weighted by atomic mass is 16.4. The van der Waals surface area contributed by atoms with Crippen LogP contribution >= 0.6 is 0 Å². The Hall–Kier alpha value is -2.03. The number of rotatable bonds is 7.